The smallest absolute Gasteiger partial charge is 0.252 e. The van der Waals surface area contributed by atoms with E-state index in [0.29, 0.717) is 24.0 Å². The van der Waals surface area contributed by atoms with Crippen LogP contribution in [0.4, 0.5) is 0 Å². The van der Waals surface area contributed by atoms with Crippen LogP contribution in [0.15, 0.2) is 6.33 Å². The minimum Gasteiger partial charge on any atom is -0.343 e. The number of piperidine rings is 1. The van der Waals surface area contributed by atoms with Crippen molar-refractivity contribution in [3.63, 3.8) is 0 Å². The molecule has 1 spiro atoms. The molecule has 25 heavy (non-hydrogen) atoms. The third kappa shape index (κ3) is 3.01. The number of hydrogen-bond donors (Lipinski definition) is 1. The zero-order valence-electron chi connectivity index (χ0n) is 15.1. The highest BCUT2D eigenvalue weighted by Gasteiger charge is 2.37. The maximum absolute atomic E-state index is 12.7. The maximum atomic E-state index is 12.7. The Morgan fingerprint density at radius 3 is 2.80 bits per heavy atom. The fourth-order valence-electron chi connectivity index (χ4n) is 4.36. The molecule has 2 fully saturated rings. The van der Waals surface area contributed by atoms with Crippen LogP contribution in [0.1, 0.15) is 42.6 Å². The lowest BCUT2D eigenvalue weighted by atomic mass is 9.78. The summed E-state index contributed by atoms with van der Waals surface area (Å²) in [5, 5.41) is 7.69. The zero-order valence-corrected chi connectivity index (χ0v) is 15.1. The molecule has 7 heteroatoms. The molecule has 1 amide bonds. The van der Waals surface area contributed by atoms with Gasteiger partial charge in [0.2, 0.25) is 5.91 Å². The molecular weight excluding hydrogens is 316 g/mol. The molecule has 134 valence electrons. The van der Waals surface area contributed by atoms with Crippen molar-refractivity contribution < 1.29 is 4.79 Å². The van der Waals surface area contributed by atoms with Crippen LogP contribution < -0.4 is 5.32 Å². The number of nitrogens with zero attached hydrogens (tertiary/aromatic N) is 5. The predicted octanol–water partition coefficient (Wildman–Crippen LogP) is 1.28. The Labute approximate surface area is 147 Å². The summed E-state index contributed by atoms with van der Waals surface area (Å²) in [7, 11) is 0. The Hall–Kier alpha value is -2.02. The van der Waals surface area contributed by atoms with Gasteiger partial charge < -0.3 is 10.2 Å². The highest BCUT2D eigenvalue weighted by molar-refractivity contribution is 5.76. The molecule has 1 N–H and O–H groups in total. The number of likely N-dealkylation sites (tertiary alicyclic amines) is 1. The molecular formula is C18H26N6O. The van der Waals surface area contributed by atoms with Crippen LogP contribution in [-0.4, -0.2) is 56.6 Å². The van der Waals surface area contributed by atoms with Crippen LogP contribution in [0.5, 0.6) is 0 Å². The number of hydrogen-bond acceptors (Lipinski definition) is 5. The highest BCUT2D eigenvalue weighted by Crippen LogP contribution is 2.37. The summed E-state index contributed by atoms with van der Waals surface area (Å²) >= 11 is 0. The van der Waals surface area contributed by atoms with E-state index in [1.54, 1.807) is 4.52 Å². The lowest BCUT2D eigenvalue weighted by Gasteiger charge is -2.39. The molecule has 0 bridgehead atoms. The van der Waals surface area contributed by atoms with Gasteiger partial charge in [0.05, 0.1) is 0 Å². The zero-order chi connectivity index (χ0) is 17.4. The Bertz CT molecular complexity index is 782. The quantitative estimate of drug-likeness (QED) is 0.909. The van der Waals surface area contributed by atoms with Gasteiger partial charge in [-0.05, 0) is 57.1 Å². The fourth-order valence-corrected chi connectivity index (χ4v) is 4.36. The Morgan fingerprint density at radius 1 is 1.28 bits per heavy atom. The number of aromatic nitrogens is 4. The monoisotopic (exact) mass is 342 g/mol. The number of amides is 1. The third-order valence-electron chi connectivity index (χ3n) is 6.09. The van der Waals surface area contributed by atoms with E-state index in [4.69, 9.17) is 0 Å². The van der Waals surface area contributed by atoms with Gasteiger partial charge in [0.1, 0.15) is 6.33 Å². The van der Waals surface area contributed by atoms with Crippen molar-refractivity contribution in [2.24, 2.45) is 5.41 Å². The minimum absolute atomic E-state index is 0.262. The summed E-state index contributed by atoms with van der Waals surface area (Å²) in [6, 6.07) is 0. The van der Waals surface area contributed by atoms with Gasteiger partial charge in [-0.3, -0.25) is 4.79 Å². The lowest BCUT2D eigenvalue weighted by molar-refractivity contribution is -0.133. The van der Waals surface area contributed by atoms with E-state index in [2.05, 4.69) is 25.3 Å². The standard InChI is InChI=1S/C18H26N6O/c1-13-15(14(2)24-17(22-13)20-12-21-24)3-4-16(25)23-9-6-18(7-10-23)5-8-19-11-18/h12,19H,3-11H2,1-2H3. The maximum Gasteiger partial charge on any atom is 0.252 e. The number of rotatable bonds is 3. The molecule has 0 saturated carbocycles. The first-order chi connectivity index (χ1) is 12.1. The molecule has 0 aromatic carbocycles. The summed E-state index contributed by atoms with van der Waals surface area (Å²) in [5.74, 6) is 0.884. The van der Waals surface area contributed by atoms with E-state index in [1.165, 1.54) is 12.7 Å². The normalized spacial score (nSPS) is 19.8. The second-order valence-electron chi connectivity index (χ2n) is 7.54. The van der Waals surface area contributed by atoms with Gasteiger partial charge in [0.25, 0.3) is 5.78 Å². The summed E-state index contributed by atoms with van der Waals surface area (Å²) < 4.78 is 1.75. The Kier molecular flexibility index (Phi) is 4.19. The van der Waals surface area contributed by atoms with E-state index in [0.717, 1.165) is 56.0 Å². The van der Waals surface area contributed by atoms with Crippen molar-refractivity contribution in [1.82, 2.24) is 29.8 Å². The van der Waals surface area contributed by atoms with Crippen molar-refractivity contribution in [1.29, 1.82) is 0 Å². The van der Waals surface area contributed by atoms with Crippen molar-refractivity contribution >= 4 is 11.7 Å². The molecule has 2 aliphatic heterocycles. The first-order valence-corrected chi connectivity index (χ1v) is 9.22. The van der Waals surface area contributed by atoms with Crippen molar-refractivity contribution in [3.8, 4) is 0 Å². The molecule has 0 unspecified atom stereocenters. The van der Waals surface area contributed by atoms with Gasteiger partial charge in [0.15, 0.2) is 0 Å². The minimum atomic E-state index is 0.262. The van der Waals surface area contributed by atoms with Gasteiger partial charge >= 0.3 is 0 Å². The number of carbonyl (C=O) groups excluding carboxylic acids is 1. The van der Waals surface area contributed by atoms with Crippen LogP contribution >= 0.6 is 0 Å². The van der Waals surface area contributed by atoms with Crippen LogP contribution in [0, 0.1) is 19.3 Å². The molecule has 4 heterocycles. The van der Waals surface area contributed by atoms with E-state index in [9.17, 15) is 4.79 Å². The number of carbonyl (C=O) groups is 1. The van der Waals surface area contributed by atoms with E-state index in [-0.39, 0.29) is 5.91 Å². The largest absolute Gasteiger partial charge is 0.343 e. The summed E-state index contributed by atoms with van der Waals surface area (Å²) in [6.45, 7) is 8.06. The van der Waals surface area contributed by atoms with E-state index < -0.39 is 0 Å². The number of aryl methyl sites for hydroxylation is 2. The Balaban J connectivity index is 1.39. The van der Waals surface area contributed by atoms with Gasteiger partial charge in [-0.2, -0.15) is 10.1 Å². The third-order valence-corrected chi connectivity index (χ3v) is 6.09. The van der Waals surface area contributed by atoms with Crippen LogP contribution in [0.3, 0.4) is 0 Å². The van der Waals surface area contributed by atoms with Gasteiger partial charge in [0, 0.05) is 37.4 Å². The topological polar surface area (TPSA) is 75.4 Å². The average molecular weight is 342 g/mol. The Morgan fingerprint density at radius 2 is 2.08 bits per heavy atom. The second-order valence-corrected chi connectivity index (χ2v) is 7.54. The summed E-state index contributed by atoms with van der Waals surface area (Å²) in [6.07, 6.45) is 6.30. The molecule has 7 nitrogen and oxygen atoms in total. The van der Waals surface area contributed by atoms with Crippen LogP contribution in [-0.2, 0) is 11.2 Å². The molecule has 0 radical (unpaired) electrons. The molecule has 0 atom stereocenters. The number of fused-ring (bicyclic) bond motifs is 1. The molecule has 2 aromatic heterocycles. The molecule has 2 saturated heterocycles. The SMILES string of the molecule is Cc1nc2ncnn2c(C)c1CCC(=O)N1CCC2(CCNC2)CC1. The van der Waals surface area contributed by atoms with Crippen LogP contribution in [0.2, 0.25) is 0 Å². The first kappa shape index (κ1) is 16.4. The summed E-state index contributed by atoms with van der Waals surface area (Å²) in [5.41, 5.74) is 3.54. The van der Waals surface area contributed by atoms with Gasteiger partial charge in [-0.1, -0.05) is 0 Å². The van der Waals surface area contributed by atoms with Crippen molar-refractivity contribution in [2.75, 3.05) is 26.2 Å². The van der Waals surface area contributed by atoms with Crippen LogP contribution in [0.25, 0.3) is 5.78 Å². The van der Waals surface area contributed by atoms with E-state index in [1.807, 2.05) is 13.8 Å². The average Bonchev–Trinajstić information content (AvgIpc) is 3.25. The molecule has 2 aliphatic rings. The fraction of sp³-hybridized carbons (Fsp3) is 0.667. The second kappa shape index (κ2) is 6.37. The van der Waals surface area contributed by atoms with Crippen molar-refractivity contribution in [2.45, 2.75) is 46.0 Å². The van der Waals surface area contributed by atoms with Crippen molar-refractivity contribution in [3.05, 3.63) is 23.3 Å². The first-order valence-electron chi connectivity index (χ1n) is 9.22. The highest BCUT2D eigenvalue weighted by atomic mass is 16.2. The summed E-state index contributed by atoms with van der Waals surface area (Å²) in [4.78, 5) is 23.4. The predicted molar refractivity (Wildman–Crippen MR) is 94.3 cm³/mol. The molecule has 0 aliphatic carbocycles. The number of nitrogens with one attached hydrogen (secondary N) is 1. The van der Waals surface area contributed by atoms with E-state index >= 15 is 0 Å². The molecule has 2 aromatic rings. The molecule has 4 rings (SSSR count). The lowest BCUT2D eigenvalue weighted by Crippen LogP contribution is -2.44. The van der Waals surface area contributed by atoms with Gasteiger partial charge in [-0.25, -0.2) is 9.50 Å². The van der Waals surface area contributed by atoms with Gasteiger partial charge in [-0.15, -0.1) is 0 Å².